The number of thiocarbonyl (C=S) groups is 1. The smallest absolute Gasteiger partial charge is 0.0787 e. The highest BCUT2D eigenvalue weighted by Gasteiger charge is 2.21. The van der Waals surface area contributed by atoms with Crippen molar-refractivity contribution >= 4 is 40.4 Å². The quantitative estimate of drug-likeness (QED) is 0.837. The molecule has 0 amide bonds. The lowest BCUT2D eigenvalue weighted by atomic mass is 9.86. The lowest BCUT2D eigenvalue weighted by Crippen LogP contribution is -2.31. The van der Waals surface area contributed by atoms with Crippen LogP contribution in [0.25, 0.3) is 0 Å². The molecule has 0 aliphatic heterocycles. The van der Waals surface area contributed by atoms with Gasteiger partial charge in [0.25, 0.3) is 0 Å². The predicted molar refractivity (Wildman–Crippen MR) is 70.7 cm³/mol. The zero-order valence-corrected chi connectivity index (χ0v) is 11.0. The Morgan fingerprint density at radius 2 is 1.93 bits per heavy atom. The molecule has 0 bridgehead atoms. The van der Waals surface area contributed by atoms with Crippen LogP contribution < -0.4 is 5.73 Å². The van der Waals surface area contributed by atoms with Gasteiger partial charge < -0.3 is 5.73 Å². The van der Waals surface area contributed by atoms with Gasteiger partial charge in [-0.15, -0.1) is 0 Å². The lowest BCUT2D eigenvalue weighted by molar-refractivity contribution is 0.523. The largest absolute Gasteiger partial charge is 0.393 e. The molecule has 0 aliphatic rings. The Balaban J connectivity index is 2.91. The Bertz CT molecular complexity index is 388. The average Bonchev–Trinajstić information content (AvgIpc) is 2.10. The van der Waals surface area contributed by atoms with E-state index in [4.69, 9.17) is 41.2 Å². The van der Waals surface area contributed by atoms with Gasteiger partial charge in [-0.3, -0.25) is 0 Å². The minimum absolute atomic E-state index is 0.202. The van der Waals surface area contributed by atoms with Crippen molar-refractivity contribution in [3.8, 4) is 0 Å². The molecular formula is C11H13Cl2NS. The van der Waals surface area contributed by atoms with Gasteiger partial charge in [0.05, 0.1) is 15.0 Å². The van der Waals surface area contributed by atoms with Crippen LogP contribution >= 0.6 is 35.4 Å². The molecule has 0 fully saturated rings. The fraction of sp³-hybridized carbons (Fsp3) is 0.364. The molecule has 0 heterocycles. The van der Waals surface area contributed by atoms with Gasteiger partial charge in [0.1, 0.15) is 0 Å². The van der Waals surface area contributed by atoms with Crippen molar-refractivity contribution in [2.75, 3.05) is 0 Å². The number of hydrogen-bond acceptors (Lipinski definition) is 1. The van der Waals surface area contributed by atoms with E-state index in [2.05, 4.69) is 0 Å². The number of halogens is 2. The van der Waals surface area contributed by atoms with Gasteiger partial charge in [0.2, 0.25) is 0 Å². The van der Waals surface area contributed by atoms with E-state index in [9.17, 15) is 0 Å². The van der Waals surface area contributed by atoms with Gasteiger partial charge in [-0.1, -0.05) is 55.3 Å². The van der Waals surface area contributed by atoms with Gasteiger partial charge >= 0.3 is 0 Å². The molecule has 15 heavy (non-hydrogen) atoms. The van der Waals surface area contributed by atoms with E-state index in [1.165, 1.54) is 0 Å². The van der Waals surface area contributed by atoms with Crippen molar-refractivity contribution in [1.29, 1.82) is 0 Å². The third-order valence-corrected chi connectivity index (χ3v) is 3.59. The summed E-state index contributed by atoms with van der Waals surface area (Å²) in [7, 11) is 0. The Hall–Kier alpha value is -0.310. The summed E-state index contributed by atoms with van der Waals surface area (Å²) in [5.74, 6) is 0. The highest BCUT2D eigenvalue weighted by molar-refractivity contribution is 7.80. The van der Waals surface area contributed by atoms with Crippen LogP contribution in [0, 0.1) is 5.41 Å². The van der Waals surface area contributed by atoms with Crippen LogP contribution in [0.2, 0.25) is 10.0 Å². The summed E-state index contributed by atoms with van der Waals surface area (Å²) >= 11 is 16.8. The molecule has 0 saturated carbocycles. The van der Waals surface area contributed by atoms with Crippen molar-refractivity contribution in [1.82, 2.24) is 0 Å². The first-order chi connectivity index (χ1) is 6.83. The molecule has 0 aromatic heterocycles. The van der Waals surface area contributed by atoms with Gasteiger partial charge in [-0.2, -0.15) is 0 Å². The van der Waals surface area contributed by atoms with Gasteiger partial charge in [0, 0.05) is 5.41 Å². The van der Waals surface area contributed by atoms with Crippen molar-refractivity contribution < 1.29 is 0 Å². The van der Waals surface area contributed by atoms with E-state index in [0.717, 1.165) is 12.0 Å². The summed E-state index contributed by atoms with van der Waals surface area (Å²) in [6.45, 7) is 4.02. The first-order valence-electron chi connectivity index (χ1n) is 4.57. The van der Waals surface area contributed by atoms with E-state index in [1.54, 1.807) is 6.07 Å². The molecule has 4 heteroatoms. The summed E-state index contributed by atoms with van der Waals surface area (Å²) < 4.78 is 0. The van der Waals surface area contributed by atoms with Crippen LogP contribution in [0.1, 0.15) is 19.4 Å². The maximum Gasteiger partial charge on any atom is 0.0787 e. The predicted octanol–water partition coefficient (Wildman–Crippen LogP) is 3.85. The SMILES string of the molecule is CC(C)(Cc1ccc(Cl)c(Cl)c1)C(N)=S. The second-order valence-corrected chi connectivity index (χ2v) is 5.43. The zero-order chi connectivity index (χ0) is 11.6. The van der Waals surface area contributed by atoms with Crippen molar-refractivity contribution in [2.24, 2.45) is 11.1 Å². The van der Waals surface area contributed by atoms with Gasteiger partial charge in [-0.05, 0) is 24.1 Å². The Morgan fingerprint density at radius 3 is 2.40 bits per heavy atom. The van der Waals surface area contributed by atoms with Crippen LogP contribution in [0.15, 0.2) is 18.2 Å². The van der Waals surface area contributed by atoms with Crippen LogP contribution in [0.3, 0.4) is 0 Å². The molecule has 1 rings (SSSR count). The first-order valence-corrected chi connectivity index (χ1v) is 5.73. The van der Waals surface area contributed by atoms with Crippen molar-refractivity contribution in [3.63, 3.8) is 0 Å². The molecule has 0 radical (unpaired) electrons. The van der Waals surface area contributed by atoms with E-state index in [1.807, 2.05) is 26.0 Å². The lowest BCUT2D eigenvalue weighted by Gasteiger charge is -2.23. The second kappa shape index (κ2) is 4.69. The monoisotopic (exact) mass is 261 g/mol. The van der Waals surface area contributed by atoms with Gasteiger partial charge in [0.15, 0.2) is 0 Å². The molecule has 2 N–H and O–H groups in total. The molecule has 82 valence electrons. The average molecular weight is 262 g/mol. The minimum atomic E-state index is -0.202. The van der Waals surface area contributed by atoms with Crippen LogP contribution in [-0.4, -0.2) is 4.99 Å². The Labute approximate surface area is 106 Å². The normalized spacial score (nSPS) is 11.5. The minimum Gasteiger partial charge on any atom is -0.393 e. The molecule has 0 aliphatic carbocycles. The number of nitrogens with two attached hydrogens (primary N) is 1. The third kappa shape index (κ3) is 3.33. The Kier molecular flexibility index (Phi) is 3.99. The summed E-state index contributed by atoms with van der Waals surface area (Å²) in [5.41, 5.74) is 6.54. The van der Waals surface area contributed by atoms with Crippen molar-refractivity contribution in [2.45, 2.75) is 20.3 Å². The molecule has 0 saturated heterocycles. The molecular weight excluding hydrogens is 249 g/mol. The molecule has 0 unspecified atom stereocenters. The highest BCUT2D eigenvalue weighted by atomic mass is 35.5. The molecule has 1 aromatic rings. The first kappa shape index (κ1) is 12.8. The molecule has 1 nitrogen and oxygen atoms in total. The Morgan fingerprint density at radius 1 is 1.33 bits per heavy atom. The van der Waals surface area contributed by atoms with Gasteiger partial charge in [-0.25, -0.2) is 0 Å². The number of hydrogen-bond donors (Lipinski definition) is 1. The second-order valence-electron chi connectivity index (χ2n) is 4.17. The third-order valence-electron chi connectivity index (χ3n) is 2.30. The topological polar surface area (TPSA) is 26.0 Å². The van der Waals surface area contributed by atoms with Crippen LogP contribution in [0.5, 0.6) is 0 Å². The van der Waals surface area contributed by atoms with Crippen LogP contribution in [-0.2, 0) is 6.42 Å². The van der Waals surface area contributed by atoms with E-state index in [-0.39, 0.29) is 5.41 Å². The van der Waals surface area contributed by atoms with E-state index >= 15 is 0 Å². The molecule has 0 atom stereocenters. The fourth-order valence-electron chi connectivity index (χ4n) is 1.25. The summed E-state index contributed by atoms with van der Waals surface area (Å²) in [4.78, 5) is 0.508. The van der Waals surface area contributed by atoms with E-state index < -0.39 is 0 Å². The summed E-state index contributed by atoms with van der Waals surface area (Å²) in [5, 5.41) is 1.13. The molecule has 1 aromatic carbocycles. The van der Waals surface area contributed by atoms with E-state index in [0.29, 0.717) is 15.0 Å². The zero-order valence-electron chi connectivity index (χ0n) is 8.68. The highest BCUT2D eigenvalue weighted by Crippen LogP contribution is 2.27. The summed E-state index contributed by atoms with van der Waals surface area (Å²) in [6, 6.07) is 5.58. The fourth-order valence-corrected chi connectivity index (χ4v) is 1.64. The van der Waals surface area contributed by atoms with Crippen LogP contribution in [0.4, 0.5) is 0 Å². The number of rotatable bonds is 3. The van der Waals surface area contributed by atoms with Crippen molar-refractivity contribution in [3.05, 3.63) is 33.8 Å². The maximum absolute atomic E-state index is 5.93. The summed E-state index contributed by atoms with van der Waals surface area (Å²) in [6.07, 6.45) is 0.763. The maximum atomic E-state index is 5.93. The standard InChI is InChI=1S/C11H13Cl2NS/c1-11(2,10(14)15)6-7-3-4-8(12)9(13)5-7/h3-5H,6H2,1-2H3,(H2,14,15). The molecule has 0 spiro atoms. The number of benzene rings is 1.